The molecule has 0 saturated heterocycles. The monoisotopic (exact) mass is 151 g/mol. The van der Waals surface area contributed by atoms with Crippen LogP contribution in [0.3, 0.4) is 0 Å². The molecule has 0 aromatic carbocycles. The molecule has 2 aromatic rings. The molecule has 0 bridgehead atoms. The van der Waals surface area contributed by atoms with Crippen molar-refractivity contribution >= 4 is 11.2 Å². The van der Waals surface area contributed by atoms with E-state index in [2.05, 4.69) is 15.0 Å². The molecule has 0 aliphatic carbocycles. The van der Waals surface area contributed by atoms with Gasteiger partial charge in [0.05, 0.1) is 11.8 Å². The second-order valence-corrected chi connectivity index (χ2v) is 1.78. The first kappa shape index (κ1) is 7.72. The van der Waals surface area contributed by atoms with Gasteiger partial charge in [-0.2, -0.15) is 0 Å². The van der Waals surface area contributed by atoms with Crippen LogP contribution in [0.1, 0.15) is 15.3 Å². The van der Waals surface area contributed by atoms with E-state index in [1.807, 2.05) is 26.0 Å². The minimum Gasteiger partial charge on any atom is -0.343 e. The molecule has 2 heterocycles. The molecule has 3 heteroatoms. The van der Waals surface area contributed by atoms with Crippen LogP contribution in [-0.2, 0) is 0 Å². The molecule has 0 fully saturated rings. The van der Waals surface area contributed by atoms with Gasteiger partial charge in [0.2, 0.25) is 0 Å². The number of aromatic nitrogens is 3. The number of fused-ring (bicyclic) bond motifs is 1. The maximum Gasteiger partial charge on any atom is 0.177 e. The summed E-state index contributed by atoms with van der Waals surface area (Å²) in [5, 5.41) is 0. The third-order valence-electron chi connectivity index (χ3n) is 1.19. The summed E-state index contributed by atoms with van der Waals surface area (Å²) in [6.07, 6.45) is 3.36. The molecule has 0 atom stereocenters. The number of hydrogen-bond acceptors (Lipinski definition) is 2. The normalized spacial score (nSPS) is 8.91. The first-order valence-corrected chi connectivity index (χ1v) is 3.71. The number of aromatic amines is 1. The molecular formula is C8H13N3. The Morgan fingerprint density at radius 1 is 1.36 bits per heavy atom. The van der Waals surface area contributed by atoms with Gasteiger partial charge in [-0.15, -0.1) is 0 Å². The molecule has 0 amide bonds. The predicted molar refractivity (Wildman–Crippen MR) is 47.4 cm³/mol. The van der Waals surface area contributed by atoms with Gasteiger partial charge in [0.1, 0.15) is 0 Å². The van der Waals surface area contributed by atoms with Crippen LogP contribution in [0.2, 0.25) is 0 Å². The summed E-state index contributed by atoms with van der Waals surface area (Å²) < 4.78 is 0. The van der Waals surface area contributed by atoms with Gasteiger partial charge in [-0.05, 0) is 12.1 Å². The van der Waals surface area contributed by atoms with Crippen LogP contribution in [0.25, 0.3) is 11.2 Å². The molecule has 0 saturated carbocycles. The highest BCUT2D eigenvalue weighted by molar-refractivity contribution is 5.68. The summed E-state index contributed by atoms with van der Waals surface area (Å²) in [6, 6.07) is 3.82. The Kier molecular flexibility index (Phi) is 2.60. The molecule has 0 radical (unpaired) electrons. The van der Waals surface area contributed by atoms with Crippen molar-refractivity contribution in [3.05, 3.63) is 24.7 Å². The molecular weight excluding hydrogens is 138 g/mol. The zero-order valence-electron chi connectivity index (χ0n) is 6.70. The van der Waals surface area contributed by atoms with Crippen LogP contribution in [0.4, 0.5) is 0 Å². The molecule has 2 aromatic heterocycles. The van der Waals surface area contributed by atoms with Gasteiger partial charge in [0.25, 0.3) is 0 Å². The van der Waals surface area contributed by atoms with Gasteiger partial charge in [-0.3, -0.25) is 0 Å². The zero-order valence-corrected chi connectivity index (χ0v) is 6.70. The van der Waals surface area contributed by atoms with Crippen molar-refractivity contribution in [3.63, 3.8) is 0 Å². The van der Waals surface area contributed by atoms with Gasteiger partial charge in [0.15, 0.2) is 5.65 Å². The third kappa shape index (κ3) is 1.55. The summed E-state index contributed by atoms with van der Waals surface area (Å²) in [7, 11) is 0. The highest BCUT2D eigenvalue weighted by atomic mass is 14.9. The second kappa shape index (κ2) is 3.71. The average Bonchev–Trinajstić information content (AvgIpc) is 2.55. The van der Waals surface area contributed by atoms with Gasteiger partial charge in [0, 0.05) is 7.62 Å². The highest BCUT2D eigenvalue weighted by Gasteiger charge is 1.90. The Morgan fingerprint density at radius 2 is 2.18 bits per heavy atom. The average molecular weight is 151 g/mol. The standard InChI is InChI=1S/C6H5N3.C2H6.H2/c1-2-5-6(7-3-1)9-4-8-5;1-2;/h1-4H,(H,7,8,9);1-2H3;1H. The molecule has 0 unspecified atom stereocenters. The Morgan fingerprint density at radius 3 is 2.91 bits per heavy atom. The Hall–Kier alpha value is -1.38. The number of hydrogen-bond donors (Lipinski definition) is 1. The maximum atomic E-state index is 4.00. The van der Waals surface area contributed by atoms with E-state index in [0.29, 0.717) is 0 Å². The van der Waals surface area contributed by atoms with Crippen molar-refractivity contribution < 1.29 is 1.43 Å². The summed E-state index contributed by atoms with van der Waals surface area (Å²) in [5.74, 6) is 0. The molecule has 11 heavy (non-hydrogen) atoms. The van der Waals surface area contributed by atoms with Crippen LogP contribution in [0, 0.1) is 0 Å². The molecule has 0 aliphatic heterocycles. The van der Waals surface area contributed by atoms with Crippen molar-refractivity contribution in [1.82, 2.24) is 15.0 Å². The third-order valence-corrected chi connectivity index (χ3v) is 1.19. The minimum atomic E-state index is 0. The van der Waals surface area contributed by atoms with E-state index in [1.165, 1.54) is 0 Å². The quantitative estimate of drug-likeness (QED) is 0.627. The highest BCUT2D eigenvalue weighted by Crippen LogP contribution is 2.01. The second-order valence-electron chi connectivity index (χ2n) is 1.78. The van der Waals surface area contributed by atoms with E-state index in [1.54, 1.807) is 12.5 Å². The fourth-order valence-corrected chi connectivity index (χ4v) is 0.775. The molecule has 2 rings (SSSR count). The Bertz CT molecular complexity index is 288. The van der Waals surface area contributed by atoms with Crippen LogP contribution in [0.15, 0.2) is 24.7 Å². The van der Waals surface area contributed by atoms with Crippen LogP contribution >= 0.6 is 0 Å². The summed E-state index contributed by atoms with van der Waals surface area (Å²) in [5.41, 5.74) is 1.76. The fraction of sp³-hybridized carbons (Fsp3) is 0.250. The van der Waals surface area contributed by atoms with E-state index in [-0.39, 0.29) is 1.43 Å². The van der Waals surface area contributed by atoms with E-state index in [0.717, 1.165) is 11.2 Å². The van der Waals surface area contributed by atoms with Crippen LogP contribution in [0.5, 0.6) is 0 Å². The van der Waals surface area contributed by atoms with Crippen molar-refractivity contribution in [3.8, 4) is 0 Å². The van der Waals surface area contributed by atoms with E-state index in [4.69, 9.17) is 0 Å². The lowest BCUT2D eigenvalue weighted by Crippen LogP contribution is -1.71. The first-order chi connectivity index (χ1) is 5.47. The van der Waals surface area contributed by atoms with Gasteiger partial charge in [-0.25, -0.2) is 9.97 Å². The minimum absolute atomic E-state index is 0. The lowest BCUT2D eigenvalue weighted by molar-refractivity contribution is 1.30. The van der Waals surface area contributed by atoms with Gasteiger partial charge in [-0.1, -0.05) is 13.8 Å². The Balaban J connectivity index is 0.000000378. The van der Waals surface area contributed by atoms with E-state index >= 15 is 0 Å². The Labute approximate surface area is 67.0 Å². The lowest BCUT2D eigenvalue weighted by atomic mass is 10.4. The van der Waals surface area contributed by atoms with Crippen molar-refractivity contribution in [2.45, 2.75) is 13.8 Å². The molecule has 0 spiro atoms. The lowest BCUT2D eigenvalue weighted by Gasteiger charge is -1.80. The summed E-state index contributed by atoms with van der Waals surface area (Å²) in [4.78, 5) is 10.9. The van der Waals surface area contributed by atoms with Crippen molar-refractivity contribution in [2.24, 2.45) is 0 Å². The maximum absolute atomic E-state index is 4.00. The number of H-pyrrole nitrogens is 1. The largest absolute Gasteiger partial charge is 0.343 e. The van der Waals surface area contributed by atoms with Crippen LogP contribution < -0.4 is 0 Å². The van der Waals surface area contributed by atoms with Crippen LogP contribution in [-0.4, -0.2) is 15.0 Å². The number of imidazole rings is 1. The first-order valence-electron chi connectivity index (χ1n) is 3.71. The molecule has 0 aliphatic rings. The molecule has 3 nitrogen and oxygen atoms in total. The SMILES string of the molecule is CC.[HH].c1cnc2nc[nH]c2c1. The zero-order chi connectivity index (χ0) is 8.10. The number of pyridine rings is 1. The van der Waals surface area contributed by atoms with Gasteiger partial charge < -0.3 is 4.98 Å². The molecule has 1 N–H and O–H groups in total. The number of nitrogens with one attached hydrogen (secondary N) is 1. The van der Waals surface area contributed by atoms with E-state index in [9.17, 15) is 0 Å². The van der Waals surface area contributed by atoms with Gasteiger partial charge >= 0.3 is 0 Å². The predicted octanol–water partition coefficient (Wildman–Crippen LogP) is 2.23. The number of rotatable bonds is 0. The topological polar surface area (TPSA) is 41.6 Å². The smallest absolute Gasteiger partial charge is 0.177 e. The number of nitrogens with zero attached hydrogens (tertiary/aromatic N) is 2. The fourth-order valence-electron chi connectivity index (χ4n) is 0.775. The van der Waals surface area contributed by atoms with Crippen molar-refractivity contribution in [2.75, 3.05) is 0 Å². The summed E-state index contributed by atoms with van der Waals surface area (Å²) in [6.45, 7) is 4.00. The summed E-state index contributed by atoms with van der Waals surface area (Å²) >= 11 is 0. The van der Waals surface area contributed by atoms with E-state index < -0.39 is 0 Å². The molecule has 60 valence electrons. The van der Waals surface area contributed by atoms with Crippen molar-refractivity contribution in [1.29, 1.82) is 0 Å².